The lowest BCUT2D eigenvalue weighted by Crippen LogP contribution is -2.14. The molecule has 0 saturated heterocycles. The van der Waals surface area contributed by atoms with Gasteiger partial charge in [0.25, 0.3) is 0 Å². The third-order valence-corrected chi connectivity index (χ3v) is 2.06. The Labute approximate surface area is 75.0 Å². The van der Waals surface area contributed by atoms with Crippen molar-refractivity contribution in [1.82, 2.24) is 4.98 Å². The second-order valence-corrected chi connectivity index (χ2v) is 3.07. The molecule has 64 valence electrons. The van der Waals surface area contributed by atoms with Gasteiger partial charge in [-0.2, -0.15) is 0 Å². The van der Waals surface area contributed by atoms with Crippen molar-refractivity contribution in [2.45, 2.75) is 12.5 Å². The number of nitrogens with zero attached hydrogens (tertiary/aromatic N) is 1. The second kappa shape index (κ2) is 2.92. The number of aliphatic hydroxyl groups excluding tert-OH is 1. The van der Waals surface area contributed by atoms with Crippen LogP contribution in [-0.4, -0.2) is 16.7 Å². The third-order valence-electron chi connectivity index (χ3n) is 1.84. The summed E-state index contributed by atoms with van der Waals surface area (Å²) >= 11 is 5.65. The molecule has 12 heavy (non-hydrogen) atoms. The van der Waals surface area contributed by atoms with Crippen LogP contribution in [0.5, 0.6) is 5.88 Å². The Morgan fingerprint density at radius 1 is 1.58 bits per heavy atom. The fourth-order valence-electron chi connectivity index (χ4n) is 1.22. The summed E-state index contributed by atoms with van der Waals surface area (Å²) in [5, 5.41) is 9.88. The molecule has 0 aromatic carbocycles. The highest BCUT2D eigenvalue weighted by Crippen LogP contribution is 2.30. The number of pyridine rings is 1. The zero-order valence-corrected chi connectivity index (χ0v) is 7.08. The highest BCUT2D eigenvalue weighted by atomic mass is 35.5. The summed E-state index contributed by atoms with van der Waals surface area (Å²) in [6.07, 6.45) is 0.162. The minimum Gasteiger partial charge on any atom is -0.477 e. The minimum absolute atomic E-state index is 0.392. The first kappa shape index (κ1) is 7.83. The molecule has 1 N–H and O–H groups in total. The summed E-state index contributed by atoms with van der Waals surface area (Å²) in [4.78, 5) is 3.95. The number of fused-ring (bicyclic) bond motifs is 1. The van der Waals surface area contributed by atoms with Crippen molar-refractivity contribution in [3.63, 3.8) is 0 Å². The molecular weight excluding hydrogens is 178 g/mol. The van der Waals surface area contributed by atoms with E-state index in [1.54, 1.807) is 12.1 Å². The first-order valence-corrected chi connectivity index (χ1v) is 4.12. The van der Waals surface area contributed by atoms with Crippen molar-refractivity contribution < 1.29 is 9.84 Å². The standard InChI is InChI=1S/C8H8ClNO2/c9-7-2-1-5-6(11)3-4-12-8(5)10-7/h1-2,6,11H,3-4H2/t6-/m1/s1. The summed E-state index contributed by atoms with van der Waals surface area (Å²) in [5.41, 5.74) is 0.727. The quantitative estimate of drug-likeness (QED) is 0.624. The zero-order chi connectivity index (χ0) is 8.55. The fraction of sp³-hybridized carbons (Fsp3) is 0.375. The van der Waals surface area contributed by atoms with Crippen LogP contribution in [0.25, 0.3) is 0 Å². The molecule has 2 heterocycles. The average molecular weight is 186 g/mol. The van der Waals surface area contributed by atoms with Crippen LogP contribution in [0.4, 0.5) is 0 Å². The number of hydrogen-bond acceptors (Lipinski definition) is 3. The Balaban J connectivity index is 2.46. The summed E-state index contributed by atoms with van der Waals surface area (Å²) < 4.78 is 5.22. The summed E-state index contributed by atoms with van der Waals surface area (Å²) in [7, 11) is 0. The molecule has 1 aliphatic heterocycles. The van der Waals surface area contributed by atoms with Crippen molar-refractivity contribution in [1.29, 1.82) is 0 Å². The van der Waals surface area contributed by atoms with Crippen molar-refractivity contribution in [2.75, 3.05) is 6.61 Å². The molecule has 0 fully saturated rings. The van der Waals surface area contributed by atoms with Crippen molar-refractivity contribution in [3.05, 3.63) is 22.8 Å². The predicted octanol–water partition coefficient (Wildman–Crippen LogP) is 1.55. The van der Waals surface area contributed by atoms with Gasteiger partial charge in [0.1, 0.15) is 5.15 Å². The van der Waals surface area contributed by atoms with E-state index in [2.05, 4.69) is 4.98 Å². The number of aromatic nitrogens is 1. The summed E-state index contributed by atoms with van der Waals surface area (Å²) in [5.74, 6) is 0.459. The number of rotatable bonds is 0. The summed E-state index contributed by atoms with van der Waals surface area (Å²) in [6, 6.07) is 3.40. The minimum atomic E-state index is -0.460. The molecule has 1 aliphatic rings. The van der Waals surface area contributed by atoms with Gasteiger partial charge < -0.3 is 9.84 Å². The van der Waals surface area contributed by atoms with Crippen LogP contribution >= 0.6 is 11.6 Å². The van der Waals surface area contributed by atoms with Crippen molar-refractivity contribution in [2.24, 2.45) is 0 Å². The normalized spacial score (nSPS) is 21.3. The van der Waals surface area contributed by atoms with Gasteiger partial charge in [0.05, 0.1) is 12.7 Å². The molecule has 3 nitrogen and oxygen atoms in total. The second-order valence-electron chi connectivity index (χ2n) is 2.68. The monoisotopic (exact) mass is 185 g/mol. The van der Waals surface area contributed by atoms with Crippen LogP contribution in [0.1, 0.15) is 18.1 Å². The van der Waals surface area contributed by atoms with E-state index in [9.17, 15) is 5.11 Å². The lowest BCUT2D eigenvalue weighted by molar-refractivity contribution is 0.112. The molecule has 0 aliphatic carbocycles. The van der Waals surface area contributed by atoms with E-state index in [0.29, 0.717) is 24.1 Å². The Bertz CT molecular complexity index is 303. The molecule has 1 aromatic heterocycles. The van der Waals surface area contributed by atoms with Gasteiger partial charge in [0.2, 0.25) is 5.88 Å². The Morgan fingerprint density at radius 3 is 3.25 bits per heavy atom. The highest BCUT2D eigenvalue weighted by molar-refractivity contribution is 6.29. The average Bonchev–Trinajstić information content (AvgIpc) is 2.04. The lowest BCUT2D eigenvalue weighted by atomic mass is 10.1. The van der Waals surface area contributed by atoms with E-state index in [0.717, 1.165) is 5.56 Å². The van der Waals surface area contributed by atoms with Gasteiger partial charge in [-0.05, 0) is 12.1 Å². The van der Waals surface area contributed by atoms with Crippen molar-refractivity contribution in [3.8, 4) is 5.88 Å². The molecule has 1 aromatic rings. The van der Waals surface area contributed by atoms with Gasteiger partial charge in [-0.1, -0.05) is 11.6 Å². The van der Waals surface area contributed by atoms with E-state index in [-0.39, 0.29) is 0 Å². The molecule has 0 spiro atoms. The van der Waals surface area contributed by atoms with Crippen LogP contribution in [0.15, 0.2) is 12.1 Å². The molecule has 0 radical (unpaired) electrons. The van der Waals surface area contributed by atoms with Gasteiger partial charge in [-0.3, -0.25) is 0 Å². The van der Waals surface area contributed by atoms with Gasteiger partial charge in [0, 0.05) is 12.0 Å². The topological polar surface area (TPSA) is 42.4 Å². The Morgan fingerprint density at radius 2 is 2.42 bits per heavy atom. The number of halogens is 1. The molecule has 0 bridgehead atoms. The van der Waals surface area contributed by atoms with Gasteiger partial charge in [-0.25, -0.2) is 4.98 Å². The van der Waals surface area contributed by atoms with E-state index in [4.69, 9.17) is 16.3 Å². The first-order valence-electron chi connectivity index (χ1n) is 3.74. The third kappa shape index (κ3) is 1.26. The molecule has 2 rings (SSSR count). The Hall–Kier alpha value is -0.800. The maximum Gasteiger partial charge on any atom is 0.220 e. The summed E-state index contributed by atoms with van der Waals surface area (Å²) in [6.45, 7) is 0.501. The Kier molecular flexibility index (Phi) is 1.90. The van der Waals surface area contributed by atoms with E-state index in [1.807, 2.05) is 0 Å². The number of ether oxygens (including phenoxy) is 1. The molecule has 0 amide bonds. The maximum absolute atomic E-state index is 9.49. The molecule has 1 atom stereocenters. The maximum atomic E-state index is 9.49. The predicted molar refractivity (Wildman–Crippen MR) is 44.3 cm³/mol. The smallest absolute Gasteiger partial charge is 0.220 e. The lowest BCUT2D eigenvalue weighted by Gasteiger charge is -2.20. The molecule has 4 heteroatoms. The van der Waals surface area contributed by atoms with E-state index < -0.39 is 6.10 Å². The number of hydrogen-bond donors (Lipinski definition) is 1. The first-order chi connectivity index (χ1) is 5.77. The van der Waals surface area contributed by atoms with Gasteiger partial charge >= 0.3 is 0 Å². The highest BCUT2D eigenvalue weighted by Gasteiger charge is 2.20. The van der Waals surface area contributed by atoms with Crippen LogP contribution in [0.2, 0.25) is 5.15 Å². The van der Waals surface area contributed by atoms with Gasteiger partial charge in [-0.15, -0.1) is 0 Å². The van der Waals surface area contributed by atoms with Gasteiger partial charge in [0.15, 0.2) is 0 Å². The molecular formula is C8H8ClNO2. The largest absolute Gasteiger partial charge is 0.477 e. The van der Waals surface area contributed by atoms with Crippen molar-refractivity contribution >= 4 is 11.6 Å². The SMILES string of the molecule is O[C@@H]1CCOc2nc(Cl)ccc21. The zero-order valence-electron chi connectivity index (χ0n) is 6.33. The van der Waals surface area contributed by atoms with E-state index >= 15 is 0 Å². The molecule has 0 saturated carbocycles. The van der Waals surface area contributed by atoms with Crippen LogP contribution in [0.3, 0.4) is 0 Å². The van der Waals surface area contributed by atoms with E-state index in [1.165, 1.54) is 0 Å². The van der Waals surface area contributed by atoms with Crippen LogP contribution < -0.4 is 4.74 Å². The fourth-order valence-corrected chi connectivity index (χ4v) is 1.36. The van der Waals surface area contributed by atoms with Crippen LogP contribution in [0, 0.1) is 0 Å². The van der Waals surface area contributed by atoms with Crippen LogP contribution in [-0.2, 0) is 0 Å². The number of aliphatic hydroxyl groups is 1. The molecule has 0 unspecified atom stereocenters.